The molecule has 0 saturated carbocycles. The van der Waals surface area contributed by atoms with Crippen LogP contribution in [0.5, 0.6) is 0 Å². The summed E-state index contributed by atoms with van der Waals surface area (Å²) in [6, 6.07) is 60.7. The highest BCUT2D eigenvalue weighted by atomic mass is 14.7. The van der Waals surface area contributed by atoms with Gasteiger partial charge in [0.2, 0.25) is 0 Å². The molecule has 8 aromatic rings. The first-order valence-electron chi connectivity index (χ1n) is 15.1. The molecule has 1 nitrogen and oxygen atoms in total. The van der Waals surface area contributed by atoms with Crippen molar-refractivity contribution in [1.82, 2.24) is 4.98 Å². The molecule has 8 rings (SSSR count). The van der Waals surface area contributed by atoms with Crippen LogP contribution in [0.1, 0.15) is 0 Å². The van der Waals surface area contributed by atoms with Crippen molar-refractivity contribution in [1.29, 1.82) is 0 Å². The lowest BCUT2D eigenvalue weighted by atomic mass is 9.84. The maximum Gasteiger partial charge on any atom is 0.0780 e. The van der Waals surface area contributed by atoms with Gasteiger partial charge >= 0.3 is 0 Å². The van der Waals surface area contributed by atoms with Gasteiger partial charge in [-0.1, -0.05) is 158 Å². The maximum atomic E-state index is 5.08. The van der Waals surface area contributed by atoms with Gasteiger partial charge in [-0.2, -0.15) is 0 Å². The third-order valence-electron chi connectivity index (χ3n) is 8.50. The highest BCUT2D eigenvalue weighted by Gasteiger charge is 2.19. The molecule has 0 fully saturated rings. The Morgan fingerprint density at radius 2 is 0.750 bits per heavy atom. The Morgan fingerprint density at radius 3 is 1.32 bits per heavy atom. The average Bonchev–Trinajstić information content (AvgIpc) is 3.11. The van der Waals surface area contributed by atoms with Crippen molar-refractivity contribution in [2.45, 2.75) is 0 Å². The number of fused-ring (bicyclic) bond motifs is 2. The molecule has 206 valence electrons. The lowest BCUT2D eigenvalue weighted by Crippen LogP contribution is -1.94. The van der Waals surface area contributed by atoms with Gasteiger partial charge in [-0.05, 0) is 67.1 Å². The predicted octanol–water partition coefficient (Wildman–Crippen LogP) is 11.7. The Bertz CT molecular complexity index is 2240. The minimum atomic E-state index is 0.981. The third kappa shape index (κ3) is 4.56. The van der Waals surface area contributed by atoms with E-state index in [1.54, 1.807) is 0 Å². The summed E-state index contributed by atoms with van der Waals surface area (Å²) in [5.41, 5.74) is 11.6. The summed E-state index contributed by atoms with van der Waals surface area (Å²) in [5.74, 6) is 0. The molecule has 0 amide bonds. The lowest BCUT2D eigenvalue weighted by molar-refractivity contribution is 1.32. The summed E-state index contributed by atoms with van der Waals surface area (Å²) in [6.45, 7) is 0. The van der Waals surface area contributed by atoms with Crippen LogP contribution >= 0.6 is 0 Å². The molecule has 0 aliphatic carbocycles. The van der Waals surface area contributed by atoms with Gasteiger partial charge in [0.1, 0.15) is 0 Å². The van der Waals surface area contributed by atoms with E-state index >= 15 is 0 Å². The molecule has 1 heteroatoms. The topological polar surface area (TPSA) is 12.9 Å². The maximum absolute atomic E-state index is 5.08. The van der Waals surface area contributed by atoms with Crippen LogP contribution in [0.2, 0.25) is 0 Å². The second kappa shape index (κ2) is 11.1. The number of pyridine rings is 1. The van der Waals surface area contributed by atoms with Gasteiger partial charge in [0.15, 0.2) is 0 Å². The first kappa shape index (κ1) is 25.9. The van der Waals surface area contributed by atoms with Crippen LogP contribution in [0.3, 0.4) is 0 Å². The molecule has 0 aliphatic rings. The number of benzene rings is 7. The standard InChI is InChI=1S/C43H29N/c1-5-15-30(16-6-1)35-28-39(43(44-29-35)33-21-11-4-12-22-33)34-25-26-38-40(27-34)42(32-19-9-3-10-20-32)37-24-14-13-23-36(37)41(38)31-17-7-2-8-18-31/h1-29H. The highest BCUT2D eigenvalue weighted by Crippen LogP contribution is 2.45. The number of rotatable bonds is 5. The van der Waals surface area contributed by atoms with E-state index < -0.39 is 0 Å². The zero-order valence-corrected chi connectivity index (χ0v) is 24.2. The van der Waals surface area contributed by atoms with Crippen molar-refractivity contribution < 1.29 is 0 Å². The second-order valence-electron chi connectivity index (χ2n) is 11.1. The van der Waals surface area contributed by atoms with Crippen molar-refractivity contribution in [3.63, 3.8) is 0 Å². The first-order chi connectivity index (χ1) is 21.8. The van der Waals surface area contributed by atoms with E-state index in [-0.39, 0.29) is 0 Å². The Labute approximate surface area is 257 Å². The van der Waals surface area contributed by atoms with Crippen LogP contribution in [0.4, 0.5) is 0 Å². The van der Waals surface area contributed by atoms with Gasteiger partial charge < -0.3 is 0 Å². The van der Waals surface area contributed by atoms with E-state index in [0.717, 1.165) is 33.5 Å². The second-order valence-corrected chi connectivity index (χ2v) is 11.1. The van der Waals surface area contributed by atoms with Crippen molar-refractivity contribution in [3.8, 4) is 55.8 Å². The third-order valence-corrected chi connectivity index (χ3v) is 8.50. The quantitative estimate of drug-likeness (QED) is 0.191. The Hall–Kier alpha value is -5.79. The van der Waals surface area contributed by atoms with E-state index in [9.17, 15) is 0 Å². The summed E-state index contributed by atoms with van der Waals surface area (Å²) >= 11 is 0. The lowest BCUT2D eigenvalue weighted by Gasteiger charge is -2.19. The first-order valence-corrected chi connectivity index (χ1v) is 15.1. The Kier molecular flexibility index (Phi) is 6.55. The fourth-order valence-electron chi connectivity index (χ4n) is 6.48. The van der Waals surface area contributed by atoms with E-state index in [4.69, 9.17) is 4.98 Å². The number of hydrogen-bond acceptors (Lipinski definition) is 1. The van der Waals surface area contributed by atoms with E-state index in [1.807, 2.05) is 6.20 Å². The molecule has 0 spiro atoms. The summed E-state index contributed by atoms with van der Waals surface area (Å²) in [4.78, 5) is 5.08. The van der Waals surface area contributed by atoms with Gasteiger partial charge in [0.25, 0.3) is 0 Å². The fraction of sp³-hybridized carbons (Fsp3) is 0. The van der Waals surface area contributed by atoms with E-state index in [2.05, 4.69) is 170 Å². The van der Waals surface area contributed by atoms with Gasteiger partial charge in [0, 0.05) is 22.9 Å². The van der Waals surface area contributed by atoms with Crippen LogP contribution in [0.25, 0.3) is 77.3 Å². The molecule has 7 aromatic carbocycles. The van der Waals surface area contributed by atoms with Gasteiger partial charge in [0.05, 0.1) is 5.69 Å². The van der Waals surface area contributed by atoms with Crippen molar-refractivity contribution >= 4 is 21.5 Å². The zero-order valence-electron chi connectivity index (χ0n) is 24.2. The predicted molar refractivity (Wildman–Crippen MR) is 186 cm³/mol. The van der Waals surface area contributed by atoms with Crippen LogP contribution in [0.15, 0.2) is 176 Å². The molecule has 0 unspecified atom stereocenters. The number of aromatic nitrogens is 1. The van der Waals surface area contributed by atoms with E-state index in [0.29, 0.717) is 0 Å². The molecular weight excluding hydrogens is 530 g/mol. The highest BCUT2D eigenvalue weighted by molar-refractivity contribution is 6.22. The van der Waals surface area contributed by atoms with Crippen molar-refractivity contribution in [2.75, 3.05) is 0 Å². The molecule has 0 N–H and O–H groups in total. The zero-order chi connectivity index (χ0) is 29.3. The SMILES string of the molecule is c1ccc(-c2cnc(-c3ccccc3)c(-c3ccc4c(-c5ccccc5)c5ccccc5c(-c5ccccc5)c4c3)c2)cc1. The summed E-state index contributed by atoms with van der Waals surface area (Å²) < 4.78 is 0. The van der Waals surface area contributed by atoms with E-state index in [1.165, 1.54) is 43.8 Å². The normalized spacial score (nSPS) is 11.2. The monoisotopic (exact) mass is 559 g/mol. The van der Waals surface area contributed by atoms with Crippen LogP contribution in [0, 0.1) is 0 Å². The summed E-state index contributed by atoms with van der Waals surface area (Å²) in [5, 5.41) is 4.98. The molecule has 44 heavy (non-hydrogen) atoms. The van der Waals surface area contributed by atoms with Crippen LogP contribution in [-0.2, 0) is 0 Å². The van der Waals surface area contributed by atoms with Crippen molar-refractivity contribution in [3.05, 3.63) is 176 Å². The fourth-order valence-corrected chi connectivity index (χ4v) is 6.48. The Balaban J connectivity index is 1.47. The van der Waals surface area contributed by atoms with Gasteiger partial charge in [-0.15, -0.1) is 0 Å². The van der Waals surface area contributed by atoms with Gasteiger partial charge in [-0.25, -0.2) is 0 Å². The Morgan fingerprint density at radius 1 is 0.295 bits per heavy atom. The largest absolute Gasteiger partial charge is 0.255 e. The molecular formula is C43H29N. The van der Waals surface area contributed by atoms with Gasteiger partial charge in [-0.3, -0.25) is 4.98 Å². The van der Waals surface area contributed by atoms with Crippen LogP contribution in [-0.4, -0.2) is 4.98 Å². The molecule has 0 radical (unpaired) electrons. The average molecular weight is 560 g/mol. The van der Waals surface area contributed by atoms with Crippen molar-refractivity contribution in [2.24, 2.45) is 0 Å². The molecule has 0 atom stereocenters. The number of nitrogens with zero attached hydrogens (tertiary/aromatic N) is 1. The molecule has 0 aliphatic heterocycles. The minimum Gasteiger partial charge on any atom is -0.255 e. The summed E-state index contributed by atoms with van der Waals surface area (Å²) in [6.07, 6.45) is 2.00. The molecule has 0 saturated heterocycles. The summed E-state index contributed by atoms with van der Waals surface area (Å²) in [7, 11) is 0. The van der Waals surface area contributed by atoms with Crippen LogP contribution < -0.4 is 0 Å². The smallest absolute Gasteiger partial charge is 0.0780 e. The molecule has 0 bridgehead atoms. The molecule has 1 aromatic heterocycles. The minimum absolute atomic E-state index is 0.981. The molecule has 1 heterocycles. The number of hydrogen-bond donors (Lipinski definition) is 0.